The fourth-order valence-electron chi connectivity index (χ4n) is 7.41. The molecule has 0 atom stereocenters. The highest BCUT2D eigenvalue weighted by Crippen LogP contribution is 2.49. The van der Waals surface area contributed by atoms with Crippen LogP contribution in [0.25, 0.3) is 16.9 Å². The van der Waals surface area contributed by atoms with Crippen molar-refractivity contribution in [3.63, 3.8) is 0 Å². The van der Waals surface area contributed by atoms with Crippen molar-refractivity contribution in [2.45, 2.75) is 50.6 Å². The first kappa shape index (κ1) is 29.2. The van der Waals surface area contributed by atoms with Crippen molar-refractivity contribution in [3.05, 3.63) is 65.4 Å². The fourth-order valence-corrected chi connectivity index (χ4v) is 7.41. The zero-order chi connectivity index (χ0) is 31.6. The molecule has 0 bridgehead atoms. The van der Waals surface area contributed by atoms with Crippen LogP contribution in [0.5, 0.6) is 0 Å². The molecule has 1 spiro atoms. The van der Waals surface area contributed by atoms with Crippen molar-refractivity contribution >= 4 is 28.7 Å². The number of amides is 1. The lowest BCUT2D eigenvalue weighted by Crippen LogP contribution is -2.69. The molecule has 0 radical (unpaired) electrons. The van der Waals surface area contributed by atoms with E-state index in [4.69, 9.17) is 5.10 Å². The average Bonchev–Trinajstić information content (AvgIpc) is 3.63. The monoisotopic (exact) mass is 631 g/mol. The molecule has 2 saturated heterocycles. The second-order valence-electron chi connectivity index (χ2n) is 13.1. The fraction of sp³-hybridized carbons (Fsp3) is 0.455. The first-order valence-corrected chi connectivity index (χ1v) is 16.0. The Balaban J connectivity index is 1.04. The van der Waals surface area contributed by atoms with E-state index in [0.29, 0.717) is 73.9 Å². The zero-order valence-corrected chi connectivity index (χ0v) is 25.6. The van der Waals surface area contributed by atoms with Crippen LogP contribution in [0.2, 0.25) is 0 Å². The number of nitrogens with zero attached hydrogens (tertiary/aromatic N) is 6. The molecule has 4 aromatic rings. The topological polar surface area (TPSA) is 103 Å². The first-order chi connectivity index (χ1) is 22.2. The van der Waals surface area contributed by atoms with E-state index < -0.39 is 17.2 Å². The summed E-state index contributed by atoms with van der Waals surface area (Å²) in [5.41, 5.74) is 4.16. The number of halogens is 3. The van der Waals surface area contributed by atoms with Gasteiger partial charge in [0.2, 0.25) is 0 Å². The highest BCUT2D eigenvalue weighted by molar-refractivity contribution is 5.94. The molecule has 13 heteroatoms. The van der Waals surface area contributed by atoms with E-state index in [-0.39, 0.29) is 24.2 Å². The molecule has 1 saturated carbocycles. The van der Waals surface area contributed by atoms with Gasteiger partial charge >= 0.3 is 0 Å². The molecular formula is C33H36F3N9O. The van der Waals surface area contributed by atoms with Gasteiger partial charge in [0.25, 0.3) is 11.8 Å². The summed E-state index contributed by atoms with van der Waals surface area (Å²) in [6.07, 6.45) is 7.38. The minimum absolute atomic E-state index is 0.187. The van der Waals surface area contributed by atoms with Crippen LogP contribution >= 0.6 is 0 Å². The van der Waals surface area contributed by atoms with Crippen molar-refractivity contribution in [2.24, 2.45) is 5.41 Å². The van der Waals surface area contributed by atoms with Gasteiger partial charge in [0.1, 0.15) is 11.5 Å². The Bertz CT molecular complexity index is 1830. The summed E-state index contributed by atoms with van der Waals surface area (Å²) >= 11 is 0. The number of rotatable bonds is 7. The zero-order valence-electron chi connectivity index (χ0n) is 25.6. The first-order valence-electron chi connectivity index (χ1n) is 16.0. The van der Waals surface area contributed by atoms with Crippen LogP contribution in [0.4, 0.5) is 30.4 Å². The molecule has 3 aliphatic heterocycles. The summed E-state index contributed by atoms with van der Waals surface area (Å²) in [5.74, 6) is -2.74. The molecule has 240 valence electrons. The number of pyridine rings is 1. The maximum atomic E-state index is 15.7. The van der Waals surface area contributed by atoms with E-state index in [1.165, 1.54) is 6.07 Å². The number of likely N-dealkylation sites (tertiary alicyclic amines) is 1. The molecule has 1 amide bonds. The van der Waals surface area contributed by atoms with Gasteiger partial charge in [0.05, 0.1) is 23.8 Å². The summed E-state index contributed by atoms with van der Waals surface area (Å²) < 4.78 is 46.4. The van der Waals surface area contributed by atoms with Crippen molar-refractivity contribution in [1.82, 2.24) is 35.1 Å². The van der Waals surface area contributed by atoms with E-state index in [2.05, 4.69) is 30.8 Å². The normalized spacial score (nSPS) is 20.4. The third-order valence-electron chi connectivity index (χ3n) is 10.2. The second kappa shape index (κ2) is 10.9. The van der Waals surface area contributed by atoms with E-state index >= 15 is 4.39 Å². The quantitative estimate of drug-likeness (QED) is 0.276. The van der Waals surface area contributed by atoms with Crippen LogP contribution in [0.1, 0.15) is 47.3 Å². The molecule has 0 unspecified atom stereocenters. The van der Waals surface area contributed by atoms with Crippen LogP contribution in [0.3, 0.4) is 0 Å². The molecule has 3 aromatic heterocycles. The lowest BCUT2D eigenvalue weighted by molar-refractivity contribution is -0.205. The third kappa shape index (κ3) is 4.70. The van der Waals surface area contributed by atoms with E-state index in [1.54, 1.807) is 24.0 Å². The van der Waals surface area contributed by atoms with Crippen LogP contribution in [0.15, 0.2) is 42.7 Å². The van der Waals surface area contributed by atoms with E-state index in [0.717, 1.165) is 36.2 Å². The number of hydrogen-bond acceptors (Lipinski definition) is 8. The average molecular weight is 632 g/mol. The molecule has 10 nitrogen and oxygen atoms in total. The SMILES string of the molecule is CNc1cc(N2CCc3c(-c4ncc(CN5CC6(CCNCC6(F)F)C5)cc4F)cccc32)nn2c(C(=O)NC3CCC3)cnc12. The minimum Gasteiger partial charge on any atom is -0.385 e. The lowest BCUT2D eigenvalue weighted by atomic mass is 9.69. The van der Waals surface area contributed by atoms with Crippen LogP contribution in [-0.4, -0.2) is 82.1 Å². The summed E-state index contributed by atoms with van der Waals surface area (Å²) in [4.78, 5) is 26.1. The Morgan fingerprint density at radius 2 is 2.00 bits per heavy atom. The van der Waals surface area contributed by atoms with Gasteiger partial charge in [-0.25, -0.2) is 22.7 Å². The van der Waals surface area contributed by atoms with Gasteiger partial charge in [-0.3, -0.25) is 14.7 Å². The van der Waals surface area contributed by atoms with Gasteiger partial charge in [-0.15, -0.1) is 5.10 Å². The summed E-state index contributed by atoms with van der Waals surface area (Å²) in [5, 5.41) is 13.9. The highest BCUT2D eigenvalue weighted by atomic mass is 19.3. The van der Waals surface area contributed by atoms with Crippen LogP contribution in [0, 0.1) is 11.2 Å². The number of fused-ring (bicyclic) bond motifs is 2. The molecule has 4 aliphatic rings. The van der Waals surface area contributed by atoms with Gasteiger partial charge in [-0.05, 0) is 61.9 Å². The summed E-state index contributed by atoms with van der Waals surface area (Å²) in [6.45, 7) is 1.91. The number of aromatic nitrogens is 4. The molecule has 46 heavy (non-hydrogen) atoms. The molecule has 8 rings (SSSR count). The molecule has 3 fully saturated rings. The number of benzene rings is 1. The van der Waals surface area contributed by atoms with Gasteiger partial charge in [0.15, 0.2) is 17.2 Å². The van der Waals surface area contributed by atoms with E-state index in [9.17, 15) is 13.6 Å². The Kier molecular flexibility index (Phi) is 6.94. The van der Waals surface area contributed by atoms with Crippen molar-refractivity contribution < 1.29 is 18.0 Å². The number of carbonyl (C=O) groups is 1. The molecule has 6 heterocycles. The van der Waals surface area contributed by atoms with Gasteiger partial charge in [0, 0.05) is 62.8 Å². The number of alkyl halides is 2. The van der Waals surface area contributed by atoms with Crippen molar-refractivity contribution in [3.8, 4) is 11.3 Å². The standard InChI is InChI=1S/C33H36F3N9O/c1-37-25-13-28(42-45-27(15-40-30(25)45)31(46)41-21-4-2-5-21)44-11-8-22-23(6-3-7-26(22)44)29-24(34)12-20(14-39-29)16-43-18-32(19-43)9-10-38-17-33(32,35)36/h3,6-7,12-15,21,37-38H,2,4-5,8-11,16-19H2,1H3,(H,41,46). The number of nitrogens with one attached hydrogen (secondary N) is 3. The van der Waals surface area contributed by atoms with Gasteiger partial charge in [-0.2, -0.15) is 0 Å². The number of piperidine rings is 1. The predicted molar refractivity (Wildman–Crippen MR) is 168 cm³/mol. The maximum absolute atomic E-state index is 15.7. The van der Waals surface area contributed by atoms with Crippen molar-refractivity contribution in [1.29, 1.82) is 0 Å². The minimum atomic E-state index is -2.74. The highest BCUT2D eigenvalue weighted by Gasteiger charge is 2.60. The Hall–Kier alpha value is -4.23. The lowest BCUT2D eigenvalue weighted by Gasteiger charge is -2.56. The second-order valence-corrected chi connectivity index (χ2v) is 13.1. The number of carbonyl (C=O) groups excluding carboxylic acids is 1. The van der Waals surface area contributed by atoms with Gasteiger partial charge in [-0.1, -0.05) is 12.1 Å². The van der Waals surface area contributed by atoms with Crippen LogP contribution < -0.4 is 20.9 Å². The molecule has 1 aliphatic carbocycles. The largest absolute Gasteiger partial charge is 0.385 e. The molecule has 3 N–H and O–H groups in total. The predicted octanol–water partition coefficient (Wildman–Crippen LogP) is 4.38. The van der Waals surface area contributed by atoms with Crippen LogP contribution in [-0.2, 0) is 13.0 Å². The maximum Gasteiger partial charge on any atom is 0.271 e. The summed E-state index contributed by atoms with van der Waals surface area (Å²) in [6, 6.07) is 9.31. The number of anilines is 3. The Morgan fingerprint density at radius 1 is 1.15 bits per heavy atom. The van der Waals surface area contributed by atoms with Crippen molar-refractivity contribution in [2.75, 3.05) is 50.0 Å². The van der Waals surface area contributed by atoms with Gasteiger partial charge < -0.3 is 20.9 Å². The Morgan fingerprint density at radius 3 is 2.74 bits per heavy atom. The van der Waals surface area contributed by atoms with E-state index in [1.807, 2.05) is 29.2 Å². The Labute approximate surface area is 264 Å². The smallest absolute Gasteiger partial charge is 0.271 e. The molecular weight excluding hydrogens is 595 g/mol. The number of imidazole rings is 1. The number of hydrogen-bond donors (Lipinski definition) is 3. The molecule has 1 aromatic carbocycles. The third-order valence-corrected chi connectivity index (χ3v) is 10.2. The summed E-state index contributed by atoms with van der Waals surface area (Å²) in [7, 11) is 1.80.